The van der Waals surface area contributed by atoms with E-state index in [4.69, 9.17) is 0 Å². The molecule has 0 unspecified atom stereocenters. The summed E-state index contributed by atoms with van der Waals surface area (Å²) in [5, 5.41) is 2.64. The Bertz CT molecular complexity index is 1100. The highest BCUT2D eigenvalue weighted by molar-refractivity contribution is 7.19. The van der Waals surface area contributed by atoms with Gasteiger partial charge in [0.25, 0.3) is 5.01 Å². The first-order valence-electron chi connectivity index (χ1n) is 8.31. The van der Waals surface area contributed by atoms with Gasteiger partial charge in [-0.25, -0.2) is 0 Å². The van der Waals surface area contributed by atoms with E-state index in [0.29, 0.717) is 0 Å². The van der Waals surface area contributed by atoms with Crippen molar-refractivity contribution in [1.82, 2.24) is 0 Å². The number of thiazole rings is 2. The van der Waals surface area contributed by atoms with Crippen LogP contribution in [-0.2, 0) is 20.5 Å². The fraction of sp³-hybridized carbons (Fsp3) is 0.143. The molecular formula is C21H20N2S2+2. The monoisotopic (exact) mass is 364 g/mol. The average molecular weight is 365 g/mol. The molecule has 2 aromatic heterocycles. The van der Waals surface area contributed by atoms with E-state index in [9.17, 15) is 0 Å². The van der Waals surface area contributed by atoms with Crippen LogP contribution in [0.4, 0.5) is 0 Å². The summed E-state index contributed by atoms with van der Waals surface area (Å²) in [6.45, 7) is 0. The fourth-order valence-corrected chi connectivity index (χ4v) is 5.17. The fourth-order valence-electron chi connectivity index (χ4n) is 2.98. The highest BCUT2D eigenvalue weighted by Gasteiger charge is 2.14. The summed E-state index contributed by atoms with van der Waals surface area (Å²) in [6.07, 6.45) is 9.66. The van der Waals surface area contributed by atoms with Gasteiger partial charge in [-0.05, 0) is 12.1 Å². The highest BCUT2D eigenvalue weighted by Crippen LogP contribution is 2.21. The molecule has 2 aromatic carbocycles. The van der Waals surface area contributed by atoms with Crippen molar-refractivity contribution in [3.8, 4) is 0 Å². The van der Waals surface area contributed by atoms with Crippen molar-refractivity contribution in [1.29, 1.82) is 0 Å². The SMILES string of the molecule is C[n+]1c(C=CC=CCc2sc3ccccc3[n+]2C)sc2ccccc21. The molecule has 124 valence electrons. The Morgan fingerprint density at radius 1 is 0.800 bits per heavy atom. The third-order valence-corrected chi connectivity index (χ3v) is 6.80. The summed E-state index contributed by atoms with van der Waals surface area (Å²) in [5.74, 6) is 0. The summed E-state index contributed by atoms with van der Waals surface area (Å²) in [4.78, 5) is 0. The number of nitrogens with zero attached hydrogens (tertiary/aromatic N) is 2. The van der Waals surface area contributed by atoms with Crippen molar-refractivity contribution in [2.75, 3.05) is 0 Å². The number of aromatic nitrogens is 2. The summed E-state index contributed by atoms with van der Waals surface area (Å²) >= 11 is 3.69. The second kappa shape index (κ2) is 6.90. The molecule has 25 heavy (non-hydrogen) atoms. The van der Waals surface area contributed by atoms with E-state index >= 15 is 0 Å². The van der Waals surface area contributed by atoms with Crippen LogP contribution in [0.5, 0.6) is 0 Å². The summed E-state index contributed by atoms with van der Waals surface area (Å²) < 4.78 is 7.21. The molecule has 4 heteroatoms. The van der Waals surface area contributed by atoms with Crippen molar-refractivity contribution < 1.29 is 9.13 Å². The van der Waals surface area contributed by atoms with Crippen molar-refractivity contribution >= 4 is 49.2 Å². The highest BCUT2D eigenvalue weighted by atomic mass is 32.1. The first kappa shape index (κ1) is 16.2. The number of rotatable bonds is 4. The molecule has 0 saturated carbocycles. The van der Waals surface area contributed by atoms with Crippen LogP contribution in [0.1, 0.15) is 10.0 Å². The molecule has 0 radical (unpaired) electrons. The lowest BCUT2D eigenvalue weighted by Gasteiger charge is -1.87. The van der Waals surface area contributed by atoms with Gasteiger partial charge in [-0.15, -0.1) is 0 Å². The van der Waals surface area contributed by atoms with E-state index in [0.717, 1.165) is 6.42 Å². The van der Waals surface area contributed by atoms with Crippen LogP contribution < -0.4 is 9.13 Å². The van der Waals surface area contributed by atoms with Gasteiger partial charge in [-0.3, -0.25) is 0 Å². The third-order valence-electron chi connectivity index (χ3n) is 4.38. The van der Waals surface area contributed by atoms with Crippen molar-refractivity contribution in [2.45, 2.75) is 6.42 Å². The van der Waals surface area contributed by atoms with Crippen LogP contribution in [0.25, 0.3) is 26.5 Å². The lowest BCUT2D eigenvalue weighted by Crippen LogP contribution is -2.30. The molecule has 0 saturated heterocycles. The van der Waals surface area contributed by atoms with Gasteiger partial charge in [0.05, 0.1) is 6.42 Å². The molecule has 4 aromatic rings. The number of benzene rings is 2. The molecular weight excluding hydrogens is 344 g/mol. The topological polar surface area (TPSA) is 7.76 Å². The second-order valence-corrected chi connectivity index (χ2v) is 8.16. The van der Waals surface area contributed by atoms with Gasteiger partial charge in [-0.2, -0.15) is 9.13 Å². The van der Waals surface area contributed by atoms with Crippen molar-refractivity contribution in [3.63, 3.8) is 0 Å². The Morgan fingerprint density at radius 3 is 2.12 bits per heavy atom. The van der Waals surface area contributed by atoms with E-state index in [1.165, 1.54) is 30.4 Å². The van der Waals surface area contributed by atoms with E-state index in [2.05, 4.69) is 96.1 Å². The minimum absolute atomic E-state index is 0.957. The Labute approximate surface area is 155 Å². The standard InChI is InChI=1S/C21H20N2S2/c1-22-16-10-6-8-12-18(16)24-20(22)14-4-3-5-15-21-23(2)17-11-7-9-13-19(17)25-21/h3-14H,15H2,1-2H3/q+2. The van der Waals surface area contributed by atoms with Crippen LogP contribution in [0.3, 0.4) is 0 Å². The maximum Gasteiger partial charge on any atom is 0.262 e. The molecule has 0 fully saturated rings. The van der Waals surface area contributed by atoms with Gasteiger partial charge in [-0.1, -0.05) is 65.2 Å². The van der Waals surface area contributed by atoms with Crippen LogP contribution in [0.15, 0.2) is 66.8 Å². The molecule has 4 rings (SSSR count). The normalized spacial score (nSPS) is 12.2. The summed E-state index contributed by atoms with van der Waals surface area (Å²) in [5.41, 5.74) is 2.59. The van der Waals surface area contributed by atoms with E-state index in [1.807, 2.05) is 22.7 Å². The quantitative estimate of drug-likeness (QED) is 0.370. The smallest absolute Gasteiger partial charge is 0.188 e. The van der Waals surface area contributed by atoms with Gasteiger partial charge in [0.2, 0.25) is 16.0 Å². The molecule has 0 aliphatic carbocycles. The average Bonchev–Trinajstić information content (AvgIpc) is 3.13. The van der Waals surface area contributed by atoms with Gasteiger partial charge < -0.3 is 0 Å². The predicted octanol–water partition coefficient (Wildman–Crippen LogP) is 4.58. The van der Waals surface area contributed by atoms with Gasteiger partial charge in [0.15, 0.2) is 0 Å². The van der Waals surface area contributed by atoms with Gasteiger partial charge >= 0.3 is 0 Å². The molecule has 0 aliphatic heterocycles. The van der Waals surface area contributed by atoms with E-state index in [-0.39, 0.29) is 0 Å². The molecule has 0 bridgehead atoms. The Morgan fingerprint density at radius 2 is 1.44 bits per heavy atom. The predicted molar refractivity (Wildman–Crippen MR) is 108 cm³/mol. The number of aryl methyl sites for hydroxylation is 2. The Kier molecular flexibility index (Phi) is 4.47. The van der Waals surface area contributed by atoms with Crippen LogP contribution in [0.2, 0.25) is 0 Å². The maximum absolute atomic E-state index is 2.29. The van der Waals surface area contributed by atoms with Crippen molar-refractivity contribution in [2.24, 2.45) is 14.1 Å². The zero-order chi connectivity index (χ0) is 17.2. The molecule has 0 amide bonds. The molecule has 0 aliphatic rings. The lowest BCUT2D eigenvalue weighted by molar-refractivity contribution is -0.647. The van der Waals surface area contributed by atoms with E-state index in [1.54, 1.807) is 0 Å². The minimum Gasteiger partial charge on any atom is -0.188 e. The zero-order valence-electron chi connectivity index (χ0n) is 14.3. The van der Waals surface area contributed by atoms with Gasteiger partial charge in [0, 0.05) is 18.2 Å². The summed E-state index contributed by atoms with van der Waals surface area (Å²) in [7, 11) is 4.27. The molecule has 2 heterocycles. The van der Waals surface area contributed by atoms with Crippen LogP contribution in [0, 0.1) is 0 Å². The van der Waals surface area contributed by atoms with Crippen LogP contribution in [-0.4, -0.2) is 0 Å². The van der Waals surface area contributed by atoms with E-state index < -0.39 is 0 Å². The first-order chi connectivity index (χ1) is 12.2. The number of hydrogen-bond donors (Lipinski definition) is 0. The molecule has 0 spiro atoms. The van der Waals surface area contributed by atoms with Crippen LogP contribution >= 0.6 is 22.7 Å². The first-order valence-corrected chi connectivity index (χ1v) is 9.94. The zero-order valence-corrected chi connectivity index (χ0v) is 16.0. The summed E-state index contributed by atoms with van der Waals surface area (Å²) in [6, 6.07) is 17.1. The van der Waals surface area contributed by atoms with Gasteiger partial charge in [0.1, 0.15) is 23.5 Å². The lowest BCUT2D eigenvalue weighted by atomic mass is 10.3. The molecule has 0 atom stereocenters. The number of allylic oxidation sites excluding steroid dienone is 3. The molecule has 0 N–H and O–H groups in total. The Hall–Kier alpha value is -2.30. The minimum atomic E-state index is 0.957. The van der Waals surface area contributed by atoms with Crippen molar-refractivity contribution in [3.05, 3.63) is 76.8 Å². The Balaban J connectivity index is 1.49. The largest absolute Gasteiger partial charge is 0.262 e. The maximum atomic E-state index is 2.29. The molecule has 2 nitrogen and oxygen atoms in total. The number of para-hydroxylation sites is 2. The second-order valence-electron chi connectivity index (χ2n) is 5.98. The third kappa shape index (κ3) is 3.15. The number of fused-ring (bicyclic) bond motifs is 2. The number of hydrogen-bond acceptors (Lipinski definition) is 2.